The van der Waals surface area contributed by atoms with Crippen molar-refractivity contribution in [2.24, 2.45) is 0 Å². The molecule has 1 aliphatic carbocycles. The first-order valence-electron chi connectivity index (χ1n) is 28.4. The molecule has 390 valence electrons. The lowest BCUT2D eigenvalue weighted by Crippen LogP contribution is -2.60. The monoisotopic (exact) mass is 1050 g/mol. The molecule has 0 spiro atoms. The number of rotatable bonds is 6. The first-order chi connectivity index (χ1) is 37.8. The third-order valence-corrected chi connectivity index (χ3v) is 19.1. The summed E-state index contributed by atoms with van der Waals surface area (Å²) in [5.74, 6) is 0. The summed E-state index contributed by atoms with van der Waals surface area (Å²) >= 11 is 1.98. The summed E-state index contributed by atoms with van der Waals surface area (Å²) < 4.78 is 9.23. The zero-order valence-electron chi connectivity index (χ0n) is 47.5. The summed E-state index contributed by atoms with van der Waals surface area (Å²) in [7, 11) is 0. The maximum Gasteiger partial charge on any atom is 0.264 e. The summed E-state index contributed by atoms with van der Waals surface area (Å²) in [6, 6.07) is 71.3. The molecule has 0 unspecified atom stereocenters. The molecule has 14 rings (SSSR count). The maximum atomic E-state index is 6.54. The first kappa shape index (κ1) is 49.5. The zero-order valence-corrected chi connectivity index (χ0v) is 48.4. The van der Waals surface area contributed by atoms with Crippen LogP contribution in [0.1, 0.15) is 110 Å². The maximum absolute atomic E-state index is 6.54. The number of anilines is 9. The molecule has 0 atom stereocenters. The van der Waals surface area contributed by atoms with Crippen LogP contribution in [0.15, 0.2) is 192 Å². The molecule has 3 aliphatic rings. The zero-order chi connectivity index (χ0) is 54.5. The van der Waals surface area contributed by atoms with Crippen LogP contribution in [-0.4, -0.2) is 6.71 Å². The van der Waals surface area contributed by atoms with Gasteiger partial charge in [0, 0.05) is 71.0 Å². The molecular formula is C73H68BN3OS. The Balaban J connectivity index is 1.07. The van der Waals surface area contributed by atoms with Gasteiger partial charge in [0.25, 0.3) is 6.71 Å². The Kier molecular flexibility index (Phi) is 11.0. The number of benzene rings is 9. The molecule has 0 saturated heterocycles. The van der Waals surface area contributed by atoms with Crippen molar-refractivity contribution in [3.8, 4) is 11.1 Å². The van der Waals surface area contributed by atoms with Gasteiger partial charge in [0.1, 0.15) is 11.2 Å². The fourth-order valence-corrected chi connectivity index (χ4v) is 14.7. The Hall–Kier alpha value is -7.80. The lowest BCUT2D eigenvalue weighted by Gasteiger charge is -2.45. The van der Waals surface area contributed by atoms with Gasteiger partial charge in [-0.25, -0.2) is 0 Å². The molecule has 4 nitrogen and oxygen atoms in total. The Morgan fingerprint density at radius 3 is 1.91 bits per heavy atom. The van der Waals surface area contributed by atoms with E-state index in [4.69, 9.17) is 4.42 Å². The molecule has 11 aromatic rings. The molecule has 0 bridgehead atoms. The van der Waals surface area contributed by atoms with Crippen molar-refractivity contribution in [1.29, 1.82) is 0 Å². The smallest absolute Gasteiger partial charge is 0.264 e. The molecule has 0 saturated carbocycles. The highest BCUT2D eigenvalue weighted by Crippen LogP contribution is 2.53. The summed E-state index contributed by atoms with van der Waals surface area (Å²) in [5, 5.41) is 3.54. The van der Waals surface area contributed by atoms with Crippen molar-refractivity contribution in [2.45, 2.75) is 111 Å². The molecule has 79 heavy (non-hydrogen) atoms. The van der Waals surface area contributed by atoms with Crippen molar-refractivity contribution in [1.82, 2.24) is 0 Å². The third kappa shape index (κ3) is 7.91. The summed E-state index contributed by atoms with van der Waals surface area (Å²) in [4.78, 5) is 7.74. The van der Waals surface area contributed by atoms with Crippen molar-refractivity contribution in [3.63, 3.8) is 0 Å². The van der Waals surface area contributed by atoms with Crippen LogP contribution in [0.5, 0.6) is 0 Å². The second-order valence-electron chi connectivity index (χ2n) is 26.1. The lowest BCUT2D eigenvalue weighted by atomic mass is 9.36. The molecule has 6 heteroatoms. The van der Waals surface area contributed by atoms with Gasteiger partial charge in [-0.2, -0.15) is 0 Å². The predicted molar refractivity (Wildman–Crippen MR) is 341 cm³/mol. The normalized spacial score (nSPS) is 15.3. The molecule has 0 fully saturated rings. The number of hydrogen-bond acceptors (Lipinski definition) is 5. The number of aryl methyl sites for hydroxylation is 1. The van der Waals surface area contributed by atoms with E-state index in [9.17, 15) is 0 Å². The molecule has 2 aromatic heterocycles. The van der Waals surface area contributed by atoms with Gasteiger partial charge < -0.3 is 19.1 Å². The molecule has 0 N–H and O–H groups in total. The molecule has 4 heterocycles. The van der Waals surface area contributed by atoms with Gasteiger partial charge in [-0.1, -0.05) is 166 Å². The number of hydrogen-bond donors (Lipinski definition) is 0. The minimum atomic E-state index is -0.0461. The highest BCUT2D eigenvalue weighted by molar-refractivity contribution is 7.33. The molecule has 0 radical (unpaired) electrons. The quantitative estimate of drug-likeness (QED) is 0.155. The number of nitrogens with zero attached hydrogens (tertiary/aromatic N) is 3. The average molecular weight is 1050 g/mol. The summed E-state index contributed by atoms with van der Waals surface area (Å²) in [5.41, 5.74) is 24.2. The van der Waals surface area contributed by atoms with Crippen LogP contribution in [0.4, 0.5) is 51.2 Å². The fraction of sp³-hybridized carbons (Fsp3) is 0.233. The van der Waals surface area contributed by atoms with Crippen molar-refractivity contribution in [3.05, 3.63) is 216 Å². The number of fused-ring (bicyclic) bond motifs is 10. The minimum absolute atomic E-state index is 0.00612. The second-order valence-corrected chi connectivity index (χ2v) is 27.2. The Labute approximate surface area is 471 Å². The van der Waals surface area contributed by atoms with E-state index >= 15 is 0 Å². The average Bonchev–Trinajstić information content (AvgIpc) is 3.54. The summed E-state index contributed by atoms with van der Waals surface area (Å²) in [6.45, 7) is 25.9. The van der Waals surface area contributed by atoms with E-state index in [0.717, 1.165) is 56.8 Å². The van der Waals surface area contributed by atoms with E-state index in [2.05, 4.69) is 279 Å². The number of furan rings is 1. The fourth-order valence-electron chi connectivity index (χ4n) is 13.4. The van der Waals surface area contributed by atoms with Crippen molar-refractivity contribution < 1.29 is 4.42 Å². The van der Waals surface area contributed by atoms with Gasteiger partial charge in [0.05, 0.1) is 11.4 Å². The predicted octanol–water partition coefficient (Wildman–Crippen LogP) is 19.3. The Morgan fingerprint density at radius 2 is 1.15 bits per heavy atom. The largest absolute Gasteiger partial charge is 0.456 e. The highest BCUT2D eigenvalue weighted by atomic mass is 32.1. The van der Waals surface area contributed by atoms with Gasteiger partial charge in [-0.15, -0.1) is 11.3 Å². The van der Waals surface area contributed by atoms with Gasteiger partial charge in [-0.3, -0.25) is 0 Å². The van der Waals surface area contributed by atoms with Crippen LogP contribution >= 0.6 is 11.3 Å². The van der Waals surface area contributed by atoms with Crippen LogP contribution in [0.2, 0.25) is 0 Å². The summed E-state index contributed by atoms with van der Waals surface area (Å²) in [6.07, 6.45) is 2.33. The van der Waals surface area contributed by atoms with Gasteiger partial charge in [0.2, 0.25) is 0 Å². The second kappa shape index (κ2) is 17.6. The van der Waals surface area contributed by atoms with Crippen LogP contribution in [0, 0.1) is 6.92 Å². The topological polar surface area (TPSA) is 22.9 Å². The van der Waals surface area contributed by atoms with E-state index in [-0.39, 0.29) is 28.4 Å². The van der Waals surface area contributed by atoms with Gasteiger partial charge >= 0.3 is 0 Å². The third-order valence-electron chi connectivity index (χ3n) is 17.8. The lowest BCUT2D eigenvalue weighted by molar-refractivity contribution is 0.332. The molecule has 2 aliphatic heterocycles. The van der Waals surface area contributed by atoms with Gasteiger partial charge in [0.15, 0.2) is 0 Å². The standard InChI is InChI=1S/C73H68BN3OS/c1-45-39-62-67-63(40-45)77(51-30-33-57-58(43-51)73(10,11)38-37-72(57,8)9)68-56-41-48(71(5,6)7)27-36-66(56)79-69(68)74(67)59-34-31-52(44-61(59)76(62)50-32-35-65-55(42-50)54-22-16-18-24-64(54)78-65)75(49-28-25-47(26-29-49)70(2,3)4)60-23-17-15-21-53(60)46-19-13-12-14-20-46/h12-36,39-44H,37-38H2,1-11H3. The van der Waals surface area contributed by atoms with E-state index in [0.29, 0.717) is 0 Å². The molecular weight excluding hydrogens is 978 g/mol. The Morgan fingerprint density at radius 1 is 0.519 bits per heavy atom. The Bertz CT molecular complexity index is 4260. The highest BCUT2D eigenvalue weighted by Gasteiger charge is 2.47. The van der Waals surface area contributed by atoms with Crippen LogP contribution in [0.25, 0.3) is 43.2 Å². The van der Waals surface area contributed by atoms with Crippen molar-refractivity contribution >= 4 is 117 Å². The first-order valence-corrected chi connectivity index (χ1v) is 29.2. The van der Waals surface area contributed by atoms with E-state index in [1.54, 1.807) is 0 Å². The molecule has 0 amide bonds. The van der Waals surface area contributed by atoms with Gasteiger partial charge in [-0.05, 0) is 177 Å². The van der Waals surface area contributed by atoms with E-state index < -0.39 is 0 Å². The van der Waals surface area contributed by atoms with Crippen LogP contribution in [-0.2, 0) is 21.7 Å². The van der Waals surface area contributed by atoms with Crippen LogP contribution < -0.4 is 30.4 Å². The number of thiophene rings is 1. The van der Waals surface area contributed by atoms with Crippen LogP contribution in [0.3, 0.4) is 0 Å². The molecule has 9 aromatic carbocycles. The van der Waals surface area contributed by atoms with Crippen molar-refractivity contribution in [2.75, 3.05) is 14.7 Å². The van der Waals surface area contributed by atoms with E-state index in [1.807, 2.05) is 11.3 Å². The van der Waals surface area contributed by atoms with E-state index in [1.165, 1.54) is 93.9 Å². The number of para-hydroxylation sites is 2. The SMILES string of the molecule is Cc1cc2c3c(c1)N(c1ccc4c(c1)C(C)(C)CCC4(C)C)c1c(sc4ccc(C(C)(C)C)cc14)B3c1ccc(N(c3ccc(C(C)(C)C)cc3)c3ccccc3-c3ccccc3)cc1N2c1ccc2oc3ccccc3c2c1. The minimum Gasteiger partial charge on any atom is -0.456 e.